The Labute approximate surface area is 195 Å². The van der Waals surface area contributed by atoms with Crippen LogP contribution in [0, 0.1) is 6.92 Å². The summed E-state index contributed by atoms with van der Waals surface area (Å²) in [5.41, 5.74) is 2.33. The quantitative estimate of drug-likeness (QED) is 0.539. The molecule has 34 heavy (non-hydrogen) atoms. The highest BCUT2D eigenvalue weighted by atomic mass is 19.3. The molecule has 3 rings (SSSR count). The zero-order chi connectivity index (χ0) is 25.0. The van der Waals surface area contributed by atoms with Crippen molar-refractivity contribution in [2.45, 2.75) is 46.2 Å². The van der Waals surface area contributed by atoms with E-state index in [9.17, 15) is 23.2 Å². The number of carbonyl (C=O) groups is 3. The van der Waals surface area contributed by atoms with Crippen LogP contribution in [0.2, 0.25) is 0 Å². The van der Waals surface area contributed by atoms with E-state index in [0.717, 1.165) is 6.92 Å². The largest absolute Gasteiger partial charge is 0.471 e. The van der Waals surface area contributed by atoms with Gasteiger partial charge in [0.05, 0.1) is 6.04 Å². The summed E-state index contributed by atoms with van der Waals surface area (Å²) in [5.74, 6) is -3.75. The van der Waals surface area contributed by atoms with Crippen molar-refractivity contribution in [1.29, 1.82) is 0 Å². The van der Waals surface area contributed by atoms with E-state index in [2.05, 4.69) is 20.6 Å². The molecule has 0 saturated heterocycles. The molecule has 11 heteroatoms. The molecule has 2 aromatic heterocycles. The fourth-order valence-corrected chi connectivity index (χ4v) is 3.60. The Morgan fingerprint density at radius 1 is 1.26 bits per heavy atom. The first kappa shape index (κ1) is 25.0. The van der Waals surface area contributed by atoms with Gasteiger partial charge in [0, 0.05) is 62.6 Å². The normalized spacial score (nSPS) is 13.9. The van der Waals surface area contributed by atoms with E-state index in [1.165, 1.54) is 19.3 Å². The van der Waals surface area contributed by atoms with Crippen LogP contribution in [0.15, 0.2) is 24.5 Å². The third-order valence-corrected chi connectivity index (χ3v) is 5.34. The van der Waals surface area contributed by atoms with Crippen LogP contribution in [0.4, 0.5) is 8.78 Å². The van der Waals surface area contributed by atoms with E-state index in [4.69, 9.17) is 4.74 Å². The number of fused-ring (bicyclic) bond motifs is 1. The third-order valence-electron chi connectivity index (χ3n) is 5.34. The number of aryl methyl sites for hydroxylation is 1. The van der Waals surface area contributed by atoms with Crippen LogP contribution >= 0.6 is 0 Å². The van der Waals surface area contributed by atoms with Crippen molar-refractivity contribution < 1.29 is 27.9 Å². The zero-order valence-electron chi connectivity index (χ0n) is 19.4. The Bertz CT molecular complexity index is 1100. The molecule has 3 amide bonds. The van der Waals surface area contributed by atoms with Crippen molar-refractivity contribution in [3.05, 3.63) is 52.5 Å². The molecule has 2 aromatic rings. The summed E-state index contributed by atoms with van der Waals surface area (Å²) in [6.45, 7) is 5.57. The van der Waals surface area contributed by atoms with Gasteiger partial charge in [-0.25, -0.2) is 13.8 Å². The molecule has 182 valence electrons. The Balaban J connectivity index is 1.73. The molecular formula is C23H27F2N5O4. The molecule has 0 radical (unpaired) electrons. The summed E-state index contributed by atoms with van der Waals surface area (Å²) < 4.78 is 31.3. The van der Waals surface area contributed by atoms with Gasteiger partial charge in [0.15, 0.2) is 6.61 Å². The van der Waals surface area contributed by atoms with E-state index in [1.807, 2.05) is 6.92 Å². The van der Waals surface area contributed by atoms with Gasteiger partial charge >= 0.3 is 0 Å². The molecule has 0 bridgehead atoms. The SMILES string of the molecule is CC(=O)NCCNC(=O)c1nccc2c1CN(C(C)c1cnc(OCC(C)(F)F)c(C)c1)C2=O. The van der Waals surface area contributed by atoms with Crippen molar-refractivity contribution in [2.75, 3.05) is 19.7 Å². The summed E-state index contributed by atoms with van der Waals surface area (Å²) in [6, 6.07) is 2.91. The molecule has 0 aliphatic carbocycles. The van der Waals surface area contributed by atoms with Crippen molar-refractivity contribution in [2.24, 2.45) is 0 Å². The lowest BCUT2D eigenvalue weighted by atomic mass is 10.1. The number of hydrogen-bond donors (Lipinski definition) is 2. The molecule has 1 unspecified atom stereocenters. The van der Waals surface area contributed by atoms with Crippen LogP contribution in [-0.4, -0.2) is 58.2 Å². The van der Waals surface area contributed by atoms with Crippen LogP contribution in [0.1, 0.15) is 64.3 Å². The molecule has 1 atom stereocenters. The fourth-order valence-electron chi connectivity index (χ4n) is 3.60. The number of rotatable bonds is 9. The summed E-state index contributed by atoms with van der Waals surface area (Å²) in [6.07, 6.45) is 2.90. The summed E-state index contributed by atoms with van der Waals surface area (Å²) in [4.78, 5) is 46.6. The Morgan fingerprint density at radius 3 is 2.62 bits per heavy atom. The van der Waals surface area contributed by atoms with Gasteiger partial charge in [0.1, 0.15) is 5.69 Å². The van der Waals surface area contributed by atoms with E-state index in [1.54, 1.807) is 24.0 Å². The average molecular weight is 475 g/mol. The van der Waals surface area contributed by atoms with Gasteiger partial charge in [-0.05, 0) is 31.5 Å². The maximum atomic E-state index is 13.1. The summed E-state index contributed by atoms with van der Waals surface area (Å²) in [5, 5.41) is 5.27. The number of ether oxygens (including phenoxy) is 1. The molecule has 0 saturated carbocycles. The predicted octanol–water partition coefficient (Wildman–Crippen LogP) is 2.40. The first-order chi connectivity index (χ1) is 16.0. The first-order valence-corrected chi connectivity index (χ1v) is 10.8. The monoisotopic (exact) mass is 475 g/mol. The Morgan fingerprint density at radius 2 is 1.97 bits per heavy atom. The Kier molecular flexibility index (Phi) is 7.43. The number of hydrogen-bond acceptors (Lipinski definition) is 6. The minimum Gasteiger partial charge on any atom is -0.471 e. The molecule has 1 aliphatic rings. The molecule has 0 spiro atoms. The number of alkyl halides is 2. The van der Waals surface area contributed by atoms with Gasteiger partial charge in [0.2, 0.25) is 11.8 Å². The van der Waals surface area contributed by atoms with Gasteiger partial charge < -0.3 is 20.3 Å². The number of aromatic nitrogens is 2. The topological polar surface area (TPSA) is 114 Å². The van der Waals surface area contributed by atoms with Crippen molar-refractivity contribution in [3.8, 4) is 5.88 Å². The highest BCUT2D eigenvalue weighted by Gasteiger charge is 2.35. The smallest absolute Gasteiger partial charge is 0.278 e. The van der Waals surface area contributed by atoms with Crippen molar-refractivity contribution in [3.63, 3.8) is 0 Å². The molecular weight excluding hydrogens is 448 g/mol. The molecule has 1 aliphatic heterocycles. The van der Waals surface area contributed by atoms with Crippen LogP contribution in [0.5, 0.6) is 5.88 Å². The highest BCUT2D eigenvalue weighted by molar-refractivity contribution is 6.03. The van der Waals surface area contributed by atoms with E-state index < -0.39 is 24.5 Å². The van der Waals surface area contributed by atoms with Gasteiger partial charge in [-0.3, -0.25) is 19.4 Å². The first-order valence-electron chi connectivity index (χ1n) is 10.8. The number of nitrogens with zero attached hydrogens (tertiary/aromatic N) is 3. The second kappa shape index (κ2) is 10.1. The third kappa shape index (κ3) is 5.83. The van der Waals surface area contributed by atoms with Crippen LogP contribution in [-0.2, 0) is 11.3 Å². The second-order valence-corrected chi connectivity index (χ2v) is 8.28. The van der Waals surface area contributed by atoms with Gasteiger partial charge in [-0.15, -0.1) is 0 Å². The second-order valence-electron chi connectivity index (χ2n) is 8.28. The van der Waals surface area contributed by atoms with Crippen LogP contribution in [0.25, 0.3) is 0 Å². The van der Waals surface area contributed by atoms with Crippen LogP contribution in [0.3, 0.4) is 0 Å². The molecule has 2 N–H and O–H groups in total. The minimum absolute atomic E-state index is 0.107. The summed E-state index contributed by atoms with van der Waals surface area (Å²) in [7, 11) is 0. The van der Waals surface area contributed by atoms with E-state index in [0.29, 0.717) is 22.3 Å². The number of pyridine rings is 2. The van der Waals surface area contributed by atoms with E-state index >= 15 is 0 Å². The van der Waals surface area contributed by atoms with E-state index in [-0.39, 0.29) is 43.0 Å². The maximum Gasteiger partial charge on any atom is 0.278 e. The lowest BCUT2D eigenvalue weighted by Crippen LogP contribution is -2.34. The fraction of sp³-hybridized carbons (Fsp3) is 0.435. The van der Waals surface area contributed by atoms with Gasteiger partial charge in [-0.1, -0.05) is 0 Å². The molecule has 0 aromatic carbocycles. The highest BCUT2D eigenvalue weighted by Crippen LogP contribution is 2.33. The lowest BCUT2D eigenvalue weighted by Gasteiger charge is -2.25. The zero-order valence-corrected chi connectivity index (χ0v) is 19.4. The number of carbonyl (C=O) groups excluding carboxylic acids is 3. The molecule has 3 heterocycles. The molecule has 0 fully saturated rings. The van der Waals surface area contributed by atoms with Gasteiger partial charge in [0.25, 0.3) is 17.7 Å². The van der Waals surface area contributed by atoms with Crippen molar-refractivity contribution in [1.82, 2.24) is 25.5 Å². The number of halogens is 2. The van der Waals surface area contributed by atoms with Crippen molar-refractivity contribution >= 4 is 17.7 Å². The summed E-state index contributed by atoms with van der Waals surface area (Å²) >= 11 is 0. The predicted molar refractivity (Wildman–Crippen MR) is 119 cm³/mol. The van der Waals surface area contributed by atoms with Gasteiger partial charge in [-0.2, -0.15) is 0 Å². The van der Waals surface area contributed by atoms with Crippen LogP contribution < -0.4 is 15.4 Å². The number of amides is 3. The Hall–Kier alpha value is -3.63. The lowest BCUT2D eigenvalue weighted by molar-refractivity contribution is -0.118. The number of nitrogens with one attached hydrogen (secondary N) is 2. The molecule has 9 nitrogen and oxygen atoms in total. The standard InChI is InChI=1S/C23H27F2N5O4/c1-13-9-16(10-29-21(13)34-12-23(4,24)25)14(2)30-11-18-17(22(30)33)5-6-27-19(18)20(32)28-8-7-26-15(3)31/h5-6,9-10,14H,7-8,11-12H2,1-4H3,(H,26,31)(H,28,32). The average Bonchev–Trinajstić information content (AvgIpc) is 3.11. The maximum absolute atomic E-state index is 13.1. The minimum atomic E-state index is -2.98.